The predicted octanol–water partition coefficient (Wildman–Crippen LogP) is -1.27. The molecule has 0 aromatic heterocycles. The Hall–Kier alpha value is -0.890. The molecule has 0 bridgehead atoms. The molecular weight excluding hydrogens is 218 g/mol. The zero-order chi connectivity index (χ0) is 12.2. The maximum Gasteiger partial charge on any atom is 0.407 e. The van der Waals surface area contributed by atoms with Gasteiger partial charge in [0.25, 0.3) is 0 Å². The lowest BCUT2D eigenvalue weighted by molar-refractivity contribution is 0.0306. The lowest BCUT2D eigenvalue weighted by atomic mass is 10.4. The third-order valence-corrected chi connectivity index (χ3v) is 1.57. The first kappa shape index (κ1) is 15.1. The Morgan fingerprint density at radius 3 is 2.75 bits per heavy atom. The van der Waals surface area contributed by atoms with E-state index in [9.17, 15) is 4.79 Å². The minimum atomic E-state index is -1.04. The third-order valence-electron chi connectivity index (χ3n) is 1.57. The van der Waals surface area contributed by atoms with Crippen LogP contribution in [0, 0.1) is 0 Å². The van der Waals surface area contributed by atoms with Gasteiger partial charge in [-0.15, -0.1) is 0 Å². The molecule has 1 unspecified atom stereocenters. The molecule has 3 N–H and O–H groups in total. The topological polar surface area (TPSA) is 97.3 Å². The molecule has 1 amide bonds. The molecular formula is C9H19NO6. The van der Waals surface area contributed by atoms with Gasteiger partial charge in [0, 0.05) is 13.7 Å². The molecule has 0 aliphatic carbocycles. The van der Waals surface area contributed by atoms with Crippen molar-refractivity contribution in [3.05, 3.63) is 0 Å². The molecule has 0 rings (SSSR count). The summed E-state index contributed by atoms with van der Waals surface area (Å²) in [4.78, 5) is 10.9. The van der Waals surface area contributed by atoms with Crippen molar-refractivity contribution in [3.63, 3.8) is 0 Å². The number of hydrogen-bond donors (Lipinski definition) is 3. The summed E-state index contributed by atoms with van der Waals surface area (Å²) in [6.45, 7) is 0.989. The fourth-order valence-electron chi connectivity index (χ4n) is 0.745. The summed E-state index contributed by atoms with van der Waals surface area (Å²) in [6.07, 6.45) is -1.69. The van der Waals surface area contributed by atoms with Gasteiger partial charge in [-0.25, -0.2) is 4.79 Å². The van der Waals surface area contributed by atoms with Gasteiger partial charge in [0.2, 0.25) is 0 Å². The van der Waals surface area contributed by atoms with Gasteiger partial charge in [-0.1, -0.05) is 0 Å². The minimum Gasteiger partial charge on any atom is -0.447 e. The Kier molecular flexibility index (Phi) is 10.0. The van der Waals surface area contributed by atoms with Crippen LogP contribution in [0.2, 0.25) is 0 Å². The van der Waals surface area contributed by atoms with Crippen LogP contribution in [-0.4, -0.2) is 69.1 Å². The first-order valence-electron chi connectivity index (χ1n) is 4.97. The molecule has 0 aromatic carbocycles. The Morgan fingerprint density at radius 1 is 1.38 bits per heavy atom. The van der Waals surface area contributed by atoms with Crippen LogP contribution >= 0.6 is 0 Å². The predicted molar refractivity (Wildman–Crippen MR) is 55.1 cm³/mol. The van der Waals surface area contributed by atoms with Crippen molar-refractivity contribution in [3.8, 4) is 0 Å². The van der Waals surface area contributed by atoms with E-state index in [0.717, 1.165) is 0 Å². The highest BCUT2D eigenvalue weighted by Gasteiger charge is 2.06. The SMILES string of the molecule is COCCOCCNC(=O)OCC(O)CO. The normalized spacial score (nSPS) is 12.2. The summed E-state index contributed by atoms with van der Waals surface area (Å²) in [5, 5.41) is 19.8. The summed E-state index contributed by atoms with van der Waals surface area (Å²) in [5.41, 5.74) is 0. The van der Waals surface area contributed by atoms with Gasteiger partial charge in [-0.3, -0.25) is 0 Å². The molecule has 0 aliphatic rings. The van der Waals surface area contributed by atoms with E-state index in [1.807, 2.05) is 0 Å². The van der Waals surface area contributed by atoms with Crippen molar-refractivity contribution in [1.29, 1.82) is 0 Å². The van der Waals surface area contributed by atoms with Crippen molar-refractivity contribution in [1.82, 2.24) is 5.32 Å². The number of rotatable bonds is 9. The van der Waals surface area contributed by atoms with Gasteiger partial charge in [-0.2, -0.15) is 0 Å². The average Bonchev–Trinajstić information content (AvgIpc) is 2.30. The van der Waals surface area contributed by atoms with Gasteiger partial charge in [0.15, 0.2) is 0 Å². The largest absolute Gasteiger partial charge is 0.447 e. The van der Waals surface area contributed by atoms with E-state index in [2.05, 4.69) is 10.1 Å². The molecule has 0 aromatic rings. The number of ether oxygens (including phenoxy) is 3. The number of alkyl carbamates (subject to hydrolysis) is 1. The Labute approximate surface area is 94.3 Å². The second-order valence-electron chi connectivity index (χ2n) is 2.97. The number of aliphatic hydroxyl groups excluding tert-OH is 2. The van der Waals surface area contributed by atoms with Crippen LogP contribution < -0.4 is 5.32 Å². The van der Waals surface area contributed by atoms with Crippen molar-refractivity contribution >= 4 is 6.09 Å². The number of aliphatic hydroxyl groups is 2. The van der Waals surface area contributed by atoms with Crippen molar-refractivity contribution in [2.75, 3.05) is 46.7 Å². The van der Waals surface area contributed by atoms with Crippen LogP contribution in [0.3, 0.4) is 0 Å². The highest BCUT2D eigenvalue weighted by molar-refractivity contribution is 5.67. The van der Waals surface area contributed by atoms with Crippen LogP contribution in [0.25, 0.3) is 0 Å². The first-order chi connectivity index (χ1) is 7.70. The van der Waals surface area contributed by atoms with Crippen LogP contribution in [0.4, 0.5) is 4.79 Å². The van der Waals surface area contributed by atoms with Crippen LogP contribution in [0.15, 0.2) is 0 Å². The second kappa shape index (κ2) is 10.6. The summed E-state index contributed by atoms with van der Waals surface area (Å²) >= 11 is 0. The second-order valence-corrected chi connectivity index (χ2v) is 2.97. The van der Waals surface area contributed by atoms with Crippen molar-refractivity contribution in [2.24, 2.45) is 0 Å². The monoisotopic (exact) mass is 237 g/mol. The lowest BCUT2D eigenvalue weighted by Gasteiger charge is -2.09. The van der Waals surface area contributed by atoms with Crippen LogP contribution in [0.1, 0.15) is 0 Å². The molecule has 0 spiro atoms. The van der Waals surface area contributed by atoms with Gasteiger partial charge in [0.1, 0.15) is 12.7 Å². The fourth-order valence-corrected chi connectivity index (χ4v) is 0.745. The molecule has 0 saturated carbocycles. The van der Waals surface area contributed by atoms with Gasteiger partial charge >= 0.3 is 6.09 Å². The minimum absolute atomic E-state index is 0.229. The standard InChI is InChI=1S/C9H19NO6/c1-14-4-5-15-3-2-10-9(13)16-7-8(12)6-11/h8,11-12H,2-7H2,1H3,(H,10,13). The third kappa shape index (κ3) is 9.66. The zero-order valence-electron chi connectivity index (χ0n) is 9.35. The van der Waals surface area contributed by atoms with Gasteiger partial charge in [-0.05, 0) is 0 Å². The average molecular weight is 237 g/mol. The number of amides is 1. The number of carbonyl (C=O) groups excluding carboxylic acids is 1. The molecule has 16 heavy (non-hydrogen) atoms. The quantitative estimate of drug-likeness (QED) is 0.433. The summed E-state index contributed by atoms with van der Waals surface area (Å²) in [6, 6.07) is 0. The summed E-state index contributed by atoms with van der Waals surface area (Å²) < 4.78 is 14.4. The number of nitrogens with one attached hydrogen (secondary N) is 1. The van der Waals surface area contributed by atoms with Crippen molar-refractivity contribution < 1.29 is 29.2 Å². The molecule has 0 heterocycles. The maximum absolute atomic E-state index is 10.9. The van der Waals surface area contributed by atoms with E-state index in [1.165, 1.54) is 0 Å². The molecule has 96 valence electrons. The Morgan fingerprint density at radius 2 is 2.12 bits per heavy atom. The summed E-state index contributed by atoms with van der Waals surface area (Å²) in [7, 11) is 1.57. The molecule has 0 aliphatic heterocycles. The van der Waals surface area contributed by atoms with Crippen molar-refractivity contribution in [2.45, 2.75) is 6.10 Å². The molecule has 7 nitrogen and oxygen atoms in total. The van der Waals surface area contributed by atoms with Gasteiger partial charge < -0.3 is 29.7 Å². The number of carbonyl (C=O) groups is 1. The molecule has 0 radical (unpaired) electrons. The van der Waals surface area contributed by atoms with E-state index in [0.29, 0.717) is 26.4 Å². The molecule has 0 fully saturated rings. The van der Waals surface area contributed by atoms with Crippen LogP contribution in [-0.2, 0) is 14.2 Å². The fraction of sp³-hybridized carbons (Fsp3) is 0.889. The zero-order valence-corrected chi connectivity index (χ0v) is 9.35. The maximum atomic E-state index is 10.9. The lowest BCUT2D eigenvalue weighted by Crippen LogP contribution is -2.31. The van der Waals surface area contributed by atoms with Gasteiger partial charge in [0.05, 0.1) is 26.4 Å². The summed E-state index contributed by atoms with van der Waals surface area (Å²) in [5.74, 6) is 0. The highest BCUT2D eigenvalue weighted by Crippen LogP contribution is 1.84. The Bertz CT molecular complexity index is 177. The van der Waals surface area contributed by atoms with E-state index in [4.69, 9.17) is 19.7 Å². The highest BCUT2D eigenvalue weighted by atomic mass is 16.6. The smallest absolute Gasteiger partial charge is 0.407 e. The number of hydrogen-bond acceptors (Lipinski definition) is 6. The van der Waals surface area contributed by atoms with E-state index >= 15 is 0 Å². The molecule has 7 heteroatoms. The molecule has 0 saturated heterocycles. The number of methoxy groups -OCH3 is 1. The molecule has 1 atom stereocenters. The van der Waals surface area contributed by atoms with E-state index in [-0.39, 0.29) is 6.61 Å². The van der Waals surface area contributed by atoms with E-state index < -0.39 is 18.8 Å². The van der Waals surface area contributed by atoms with Crippen LogP contribution in [0.5, 0.6) is 0 Å². The Balaban J connectivity index is 3.24. The van der Waals surface area contributed by atoms with E-state index in [1.54, 1.807) is 7.11 Å². The first-order valence-corrected chi connectivity index (χ1v) is 4.97.